The molecule has 5 nitrogen and oxygen atoms in total. The number of anilines is 1. The number of ether oxygens (including phenoxy) is 1. The van der Waals surface area contributed by atoms with Gasteiger partial charge in [0.25, 0.3) is 0 Å². The van der Waals surface area contributed by atoms with Crippen LogP contribution in [0, 0.1) is 12.8 Å². The SMILES string of the molecule is Cc1cc(NC(=O)C2COC(C)C2)n[nH]1. The van der Waals surface area contributed by atoms with Crippen molar-refractivity contribution in [2.45, 2.75) is 26.4 Å². The lowest BCUT2D eigenvalue weighted by atomic mass is 10.1. The Morgan fingerprint density at radius 2 is 2.53 bits per heavy atom. The van der Waals surface area contributed by atoms with Gasteiger partial charge in [-0.1, -0.05) is 0 Å². The van der Waals surface area contributed by atoms with Gasteiger partial charge < -0.3 is 10.1 Å². The van der Waals surface area contributed by atoms with Crippen LogP contribution in [0.15, 0.2) is 6.07 Å². The first-order valence-corrected chi connectivity index (χ1v) is 5.09. The van der Waals surface area contributed by atoms with Gasteiger partial charge in [0, 0.05) is 11.8 Å². The highest BCUT2D eigenvalue weighted by molar-refractivity contribution is 5.91. The number of rotatable bonds is 2. The Kier molecular flexibility index (Phi) is 2.73. The van der Waals surface area contributed by atoms with Crippen molar-refractivity contribution in [2.75, 3.05) is 11.9 Å². The number of aromatic nitrogens is 2. The Balaban J connectivity index is 1.92. The molecule has 2 heterocycles. The lowest BCUT2D eigenvalue weighted by Crippen LogP contribution is -2.23. The van der Waals surface area contributed by atoms with Crippen LogP contribution in [-0.2, 0) is 9.53 Å². The van der Waals surface area contributed by atoms with Crippen molar-refractivity contribution in [3.8, 4) is 0 Å². The highest BCUT2D eigenvalue weighted by Crippen LogP contribution is 2.20. The molecule has 0 bridgehead atoms. The Bertz CT molecular complexity index is 361. The molecule has 1 aliphatic rings. The minimum Gasteiger partial charge on any atom is -0.378 e. The van der Waals surface area contributed by atoms with E-state index in [2.05, 4.69) is 15.5 Å². The maximum absolute atomic E-state index is 11.7. The molecule has 5 heteroatoms. The third kappa shape index (κ3) is 2.36. The summed E-state index contributed by atoms with van der Waals surface area (Å²) in [6.07, 6.45) is 0.969. The predicted molar refractivity (Wildman–Crippen MR) is 55.5 cm³/mol. The lowest BCUT2D eigenvalue weighted by Gasteiger charge is -2.06. The van der Waals surface area contributed by atoms with Crippen LogP contribution in [0.5, 0.6) is 0 Å². The third-order valence-electron chi connectivity index (χ3n) is 2.53. The molecule has 0 spiro atoms. The van der Waals surface area contributed by atoms with Gasteiger partial charge in [-0.3, -0.25) is 9.89 Å². The molecule has 1 aliphatic heterocycles. The number of hydrogen-bond acceptors (Lipinski definition) is 3. The summed E-state index contributed by atoms with van der Waals surface area (Å²) >= 11 is 0. The highest BCUT2D eigenvalue weighted by Gasteiger charge is 2.28. The van der Waals surface area contributed by atoms with E-state index >= 15 is 0 Å². The van der Waals surface area contributed by atoms with E-state index in [0.717, 1.165) is 12.1 Å². The number of hydrogen-bond donors (Lipinski definition) is 2. The second-order valence-corrected chi connectivity index (χ2v) is 4.00. The van der Waals surface area contributed by atoms with Crippen molar-refractivity contribution >= 4 is 11.7 Å². The van der Waals surface area contributed by atoms with E-state index in [1.54, 1.807) is 6.07 Å². The number of aryl methyl sites for hydroxylation is 1. The zero-order chi connectivity index (χ0) is 10.8. The Morgan fingerprint density at radius 1 is 1.73 bits per heavy atom. The molecule has 1 amide bonds. The van der Waals surface area contributed by atoms with Crippen LogP contribution in [0.25, 0.3) is 0 Å². The molecule has 15 heavy (non-hydrogen) atoms. The smallest absolute Gasteiger partial charge is 0.231 e. The van der Waals surface area contributed by atoms with Crippen LogP contribution in [0.2, 0.25) is 0 Å². The first-order valence-electron chi connectivity index (χ1n) is 5.09. The topological polar surface area (TPSA) is 67.0 Å². The highest BCUT2D eigenvalue weighted by atomic mass is 16.5. The van der Waals surface area contributed by atoms with Crippen LogP contribution < -0.4 is 5.32 Å². The van der Waals surface area contributed by atoms with Crippen LogP contribution in [0.1, 0.15) is 19.0 Å². The summed E-state index contributed by atoms with van der Waals surface area (Å²) in [7, 11) is 0. The lowest BCUT2D eigenvalue weighted by molar-refractivity contribution is -0.119. The van der Waals surface area contributed by atoms with E-state index in [-0.39, 0.29) is 17.9 Å². The first kappa shape index (κ1) is 10.2. The summed E-state index contributed by atoms with van der Waals surface area (Å²) in [6, 6.07) is 1.80. The van der Waals surface area contributed by atoms with Gasteiger partial charge in [-0.2, -0.15) is 5.10 Å². The molecule has 1 fully saturated rings. The standard InChI is InChI=1S/C10H15N3O2/c1-6-3-9(13-12-6)11-10(14)8-4-7(2)15-5-8/h3,7-8H,4-5H2,1-2H3,(H2,11,12,13,14). The molecule has 2 N–H and O–H groups in total. The van der Waals surface area contributed by atoms with E-state index in [1.807, 2.05) is 13.8 Å². The van der Waals surface area contributed by atoms with Crippen molar-refractivity contribution in [3.63, 3.8) is 0 Å². The van der Waals surface area contributed by atoms with Crippen LogP contribution >= 0.6 is 0 Å². The first-order chi connectivity index (χ1) is 7.15. The number of carbonyl (C=O) groups is 1. The summed E-state index contributed by atoms with van der Waals surface area (Å²) in [5.41, 5.74) is 0.932. The van der Waals surface area contributed by atoms with Gasteiger partial charge in [0.05, 0.1) is 18.6 Å². The molecule has 0 radical (unpaired) electrons. The molecule has 82 valence electrons. The van der Waals surface area contributed by atoms with Gasteiger partial charge in [-0.05, 0) is 20.3 Å². The number of aromatic amines is 1. The molecule has 1 aromatic rings. The normalized spacial score (nSPS) is 25.5. The fraction of sp³-hybridized carbons (Fsp3) is 0.600. The largest absolute Gasteiger partial charge is 0.378 e. The summed E-state index contributed by atoms with van der Waals surface area (Å²) in [4.78, 5) is 11.7. The minimum atomic E-state index is -0.0444. The molecule has 0 aliphatic carbocycles. The summed E-state index contributed by atoms with van der Waals surface area (Å²) < 4.78 is 5.34. The van der Waals surface area contributed by atoms with Crippen LogP contribution in [0.4, 0.5) is 5.82 Å². The van der Waals surface area contributed by atoms with Gasteiger partial charge in [-0.15, -0.1) is 0 Å². The summed E-state index contributed by atoms with van der Waals surface area (Å²) in [6.45, 7) is 4.38. The van der Waals surface area contributed by atoms with E-state index in [1.165, 1.54) is 0 Å². The molecular formula is C10H15N3O2. The van der Waals surface area contributed by atoms with Gasteiger partial charge >= 0.3 is 0 Å². The van der Waals surface area contributed by atoms with Crippen molar-refractivity contribution < 1.29 is 9.53 Å². The average Bonchev–Trinajstić information content (AvgIpc) is 2.75. The molecule has 1 aromatic heterocycles. The van der Waals surface area contributed by atoms with E-state index in [9.17, 15) is 4.79 Å². The van der Waals surface area contributed by atoms with E-state index in [4.69, 9.17) is 4.74 Å². The maximum atomic E-state index is 11.7. The van der Waals surface area contributed by atoms with Crippen molar-refractivity contribution in [1.82, 2.24) is 10.2 Å². The van der Waals surface area contributed by atoms with Gasteiger partial charge in [0.1, 0.15) is 0 Å². The van der Waals surface area contributed by atoms with E-state index in [0.29, 0.717) is 12.4 Å². The van der Waals surface area contributed by atoms with Gasteiger partial charge in [0.2, 0.25) is 5.91 Å². The summed E-state index contributed by atoms with van der Waals surface area (Å²) in [5.74, 6) is 0.528. The monoisotopic (exact) mass is 209 g/mol. The molecule has 2 rings (SSSR count). The second kappa shape index (κ2) is 4.02. The minimum absolute atomic E-state index is 0.00847. The fourth-order valence-electron chi connectivity index (χ4n) is 1.71. The average molecular weight is 209 g/mol. The van der Waals surface area contributed by atoms with Crippen LogP contribution in [-0.4, -0.2) is 28.8 Å². The number of amides is 1. The molecule has 2 unspecified atom stereocenters. The van der Waals surface area contributed by atoms with Crippen molar-refractivity contribution in [1.29, 1.82) is 0 Å². The van der Waals surface area contributed by atoms with E-state index < -0.39 is 0 Å². The third-order valence-corrected chi connectivity index (χ3v) is 2.53. The molecule has 1 saturated heterocycles. The Hall–Kier alpha value is -1.36. The number of carbonyl (C=O) groups excluding carboxylic acids is 1. The predicted octanol–water partition coefficient (Wildman–Crippen LogP) is 1.08. The zero-order valence-electron chi connectivity index (χ0n) is 8.91. The number of H-pyrrole nitrogens is 1. The zero-order valence-corrected chi connectivity index (χ0v) is 8.91. The van der Waals surface area contributed by atoms with Gasteiger partial charge in [-0.25, -0.2) is 0 Å². The number of nitrogens with zero attached hydrogens (tertiary/aromatic N) is 1. The van der Waals surface area contributed by atoms with Crippen LogP contribution in [0.3, 0.4) is 0 Å². The number of nitrogens with one attached hydrogen (secondary N) is 2. The van der Waals surface area contributed by atoms with Crippen molar-refractivity contribution in [2.24, 2.45) is 5.92 Å². The fourth-order valence-corrected chi connectivity index (χ4v) is 1.71. The summed E-state index contributed by atoms with van der Waals surface area (Å²) in [5, 5.41) is 9.49. The maximum Gasteiger partial charge on any atom is 0.231 e. The molecule has 0 aromatic carbocycles. The Morgan fingerprint density at radius 3 is 3.07 bits per heavy atom. The van der Waals surface area contributed by atoms with Gasteiger partial charge in [0.15, 0.2) is 5.82 Å². The molecule has 2 atom stereocenters. The second-order valence-electron chi connectivity index (χ2n) is 4.00. The molecule has 0 saturated carbocycles. The molecular weight excluding hydrogens is 194 g/mol. The van der Waals surface area contributed by atoms with Crippen molar-refractivity contribution in [3.05, 3.63) is 11.8 Å². The Labute approximate surface area is 88.2 Å². The quantitative estimate of drug-likeness (QED) is 0.766.